The highest BCUT2D eigenvalue weighted by Gasteiger charge is 2.13. The summed E-state index contributed by atoms with van der Waals surface area (Å²) >= 11 is 5.78. The minimum atomic E-state index is 0.0224. The number of carbonyl (C=O) groups excluding carboxylic acids is 1. The van der Waals surface area contributed by atoms with Gasteiger partial charge in [-0.05, 0) is 24.3 Å². The molecule has 4 nitrogen and oxygen atoms in total. The molecule has 2 rings (SSSR count). The molecule has 0 saturated carbocycles. The van der Waals surface area contributed by atoms with Crippen LogP contribution in [0.3, 0.4) is 0 Å². The van der Waals surface area contributed by atoms with E-state index < -0.39 is 0 Å². The van der Waals surface area contributed by atoms with Gasteiger partial charge in [0.05, 0.1) is 6.54 Å². The van der Waals surface area contributed by atoms with Crippen molar-refractivity contribution < 1.29 is 4.79 Å². The molecule has 0 atom stereocenters. The van der Waals surface area contributed by atoms with Crippen LogP contribution in [0.4, 0.5) is 5.69 Å². The summed E-state index contributed by atoms with van der Waals surface area (Å²) in [5, 5.41) is 6.78. The zero-order chi connectivity index (χ0) is 12.1. The van der Waals surface area contributed by atoms with E-state index in [9.17, 15) is 4.79 Å². The zero-order valence-corrected chi connectivity index (χ0v) is 10.3. The van der Waals surface area contributed by atoms with Crippen molar-refractivity contribution in [1.82, 2.24) is 10.2 Å². The average Bonchev–Trinajstić information content (AvgIpc) is 2.33. The molecular weight excluding hydrogens is 238 g/mol. The normalized spacial score (nSPS) is 16.8. The molecule has 1 aliphatic rings. The van der Waals surface area contributed by atoms with Crippen LogP contribution in [0.25, 0.3) is 0 Å². The van der Waals surface area contributed by atoms with Crippen LogP contribution < -0.4 is 10.6 Å². The first-order valence-electron chi connectivity index (χ1n) is 5.72. The van der Waals surface area contributed by atoms with Gasteiger partial charge in [0, 0.05) is 36.9 Å². The van der Waals surface area contributed by atoms with Gasteiger partial charge in [-0.1, -0.05) is 11.6 Å². The third-order valence-corrected chi connectivity index (χ3v) is 2.96. The van der Waals surface area contributed by atoms with Crippen LogP contribution in [0, 0.1) is 0 Å². The standard InChI is InChI=1S/C12H16ClN3O/c13-10-1-3-11(4-2-10)15-12(17)9-16-7-5-14-6-8-16/h1-4,14H,5-9H2,(H,15,17). The molecule has 1 saturated heterocycles. The van der Waals surface area contributed by atoms with Crippen molar-refractivity contribution in [3.63, 3.8) is 0 Å². The number of piperazine rings is 1. The number of nitrogens with zero attached hydrogens (tertiary/aromatic N) is 1. The second-order valence-corrected chi connectivity index (χ2v) is 4.52. The van der Waals surface area contributed by atoms with Gasteiger partial charge in [-0.2, -0.15) is 0 Å². The van der Waals surface area contributed by atoms with Crippen LogP contribution in [-0.2, 0) is 4.79 Å². The Kier molecular flexibility index (Phi) is 4.36. The van der Waals surface area contributed by atoms with Gasteiger partial charge in [-0.15, -0.1) is 0 Å². The van der Waals surface area contributed by atoms with Crippen molar-refractivity contribution >= 4 is 23.2 Å². The fourth-order valence-corrected chi connectivity index (χ4v) is 1.93. The van der Waals surface area contributed by atoms with E-state index in [4.69, 9.17) is 11.6 Å². The summed E-state index contributed by atoms with van der Waals surface area (Å²) in [6.07, 6.45) is 0. The Hall–Kier alpha value is -1.10. The molecule has 1 heterocycles. The van der Waals surface area contributed by atoms with E-state index >= 15 is 0 Å². The van der Waals surface area contributed by atoms with E-state index in [1.165, 1.54) is 0 Å². The summed E-state index contributed by atoms with van der Waals surface area (Å²) in [5.41, 5.74) is 0.787. The van der Waals surface area contributed by atoms with Crippen molar-refractivity contribution in [2.24, 2.45) is 0 Å². The predicted octanol–water partition coefficient (Wildman–Crippen LogP) is 1.18. The van der Waals surface area contributed by atoms with E-state index in [1.807, 2.05) is 0 Å². The van der Waals surface area contributed by atoms with E-state index in [1.54, 1.807) is 24.3 Å². The lowest BCUT2D eigenvalue weighted by Crippen LogP contribution is -2.46. The predicted molar refractivity (Wildman–Crippen MR) is 69.4 cm³/mol. The highest BCUT2D eigenvalue weighted by molar-refractivity contribution is 6.30. The number of anilines is 1. The topological polar surface area (TPSA) is 44.4 Å². The zero-order valence-electron chi connectivity index (χ0n) is 9.58. The highest BCUT2D eigenvalue weighted by Crippen LogP contribution is 2.13. The Labute approximate surface area is 106 Å². The van der Waals surface area contributed by atoms with Gasteiger partial charge in [0.25, 0.3) is 0 Å². The molecule has 0 bridgehead atoms. The lowest BCUT2D eigenvalue weighted by atomic mass is 10.3. The molecule has 0 spiro atoms. The summed E-state index contributed by atoms with van der Waals surface area (Å²) in [7, 11) is 0. The maximum atomic E-state index is 11.8. The number of amides is 1. The summed E-state index contributed by atoms with van der Waals surface area (Å²) in [4.78, 5) is 13.9. The van der Waals surface area contributed by atoms with Crippen molar-refractivity contribution in [1.29, 1.82) is 0 Å². The Morgan fingerprint density at radius 1 is 1.29 bits per heavy atom. The number of rotatable bonds is 3. The molecule has 5 heteroatoms. The van der Waals surface area contributed by atoms with Crippen LogP contribution in [-0.4, -0.2) is 43.5 Å². The first-order valence-corrected chi connectivity index (χ1v) is 6.10. The summed E-state index contributed by atoms with van der Waals surface area (Å²) in [6.45, 7) is 4.20. The Bertz CT molecular complexity index is 374. The Morgan fingerprint density at radius 3 is 2.59 bits per heavy atom. The third-order valence-electron chi connectivity index (χ3n) is 2.70. The van der Waals surface area contributed by atoms with Crippen molar-refractivity contribution in [2.75, 3.05) is 38.0 Å². The summed E-state index contributed by atoms with van der Waals surface area (Å²) in [5.74, 6) is 0.0224. The van der Waals surface area contributed by atoms with Crippen LogP contribution in [0.1, 0.15) is 0 Å². The highest BCUT2D eigenvalue weighted by atomic mass is 35.5. The quantitative estimate of drug-likeness (QED) is 0.851. The van der Waals surface area contributed by atoms with Crippen LogP contribution in [0.15, 0.2) is 24.3 Å². The number of nitrogens with one attached hydrogen (secondary N) is 2. The van der Waals surface area contributed by atoms with E-state index in [0.717, 1.165) is 31.9 Å². The molecule has 92 valence electrons. The monoisotopic (exact) mass is 253 g/mol. The van der Waals surface area contributed by atoms with Crippen molar-refractivity contribution in [3.05, 3.63) is 29.3 Å². The maximum absolute atomic E-state index is 11.8. The molecule has 0 aliphatic carbocycles. The van der Waals surface area contributed by atoms with Crippen molar-refractivity contribution in [3.8, 4) is 0 Å². The minimum absolute atomic E-state index is 0.0224. The molecule has 0 radical (unpaired) electrons. The summed E-state index contributed by atoms with van der Waals surface area (Å²) in [6, 6.07) is 7.14. The lowest BCUT2D eigenvalue weighted by Gasteiger charge is -2.26. The first kappa shape index (κ1) is 12.4. The maximum Gasteiger partial charge on any atom is 0.238 e. The van der Waals surface area contributed by atoms with E-state index in [2.05, 4.69) is 15.5 Å². The molecule has 0 unspecified atom stereocenters. The molecule has 1 aliphatic heterocycles. The van der Waals surface area contributed by atoms with Gasteiger partial charge >= 0.3 is 0 Å². The molecule has 1 aromatic carbocycles. The minimum Gasteiger partial charge on any atom is -0.325 e. The second-order valence-electron chi connectivity index (χ2n) is 4.08. The molecule has 1 aromatic rings. The number of hydrogen-bond acceptors (Lipinski definition) is 3. The first-order chi connectivity index (χ1) is 8.24. The number of hydrogen-bond donors (Lipinski definition) is 2. The molecule has 1 amide bonds. The van der Waals surface area contributed by atoms with E-state index in [0.29, 0.717) is 11.6 Å². The lowest BCUT2D eigenvalue weighted by molar-refractivity contribution is -0.117. The fraction of sp³-hybridized carbons (Fsp3) is 0.417. The number of halogens is 1. The number of carbonyl (C=O) groups is 1. The largest absolute Gasteiger partial charge is 0.325 e. The molecule has 1 fully saturated rings. The van der Waals surface area contributed by atoms with Gasteiger partial charge < -0.3 is 10.6 Å². The molecular formula is C12H16ClN3O. The third kappa shape index (κ3) is 4.00. The Morgan fingerprint density at radius 2 is 1.94 bits per heavy atom. The van der Waals surface area contributed by atoms with Crippen LogP contribution in [0.5, 0.6) is 0 Å². The Balaban J connectivity index is 1.82. The smallest absolute Gasteiger partial charge is 0.238 e. The van der Waals surface area contributed by atoms with Gasteiger partial charge in [0.1, 0.15) is 0 Å². The van der Waals surface area contributed by atoms with E-state index in [-0.39, 0.29) is 5.91 Å². The van der Waals surface area contributed by atoms with Gasteiger partial charge in [-0.25, -0.2) is 0 Å². The van der Waals surface area contributed by atoms with Gasteiger partial charge in [0.2, 0.25) is 5.91 Å². The van der Waals surface area contributed by atoms with Gasteiger partial charge in [0.15, 0.2) is 0 Å². The second kappa shape index (κ2) is 6.00. The van der Waals surface area contributed by atoms with Crippen molar-refractivity contribution in [2.45, 2.75) is 0 Å². The molecule has 2 N–H and O–H groups in total. The number of benzene rings is 1. The van der Waals surface area contributed by atoms with Gasteiger partial charge in [-0.3, -0.25) is 9.69 Å². The van der Waals surface area contributed by atoms with Crippen LogP contribution in [0.2, 0.25) is 5.02 Å². The molecule has 17 heavy (non-hydrogen) atoms. The molecule has 0 aromatic heterocycles. The van der Waals surface area contributed by atoms with Crippen LogP contribution >= 0.6 is 11.6 Å². The SMILES string of the molecule is O=C(CN1CCNCC1)Nc1ccc(Cl)cc1. The summed E-state index contributed by atoms with van der Waals surface area (Å²) < 4.78 is 0. The fourth-order valence-electron chi connectivity index (χ4n) is 1.81. The average molecular weight is 254 g/mol.